The van der Waals surface area contributed by atoms with Gasteiger partial charge in [0.25, 0.3) is 0 Å². The first-order chi connectivity index (χ1) is 7.77. The van der Waals surface area contributed by atoms with Crippen LogP contribution in [0.3, 0.4) is 0 Å². The highest BCUT2D eigenvalue weighted by Crippen LogP contribution is 2.15. The zero-order chi connectivity index (χ0) is 11.8. The number of hydrogen-bond donors (Lipinski definition) is 2. The summed E-state index contributed by atoms with van der Waals surface area (Å²) in [6, 6.07) is 0. The molecular formula is C11H20N4O. The summed E-state index contributed by atoms with van der Waals surface area (Å²) in [5, 5.41) is 0. The number of hydrogen-bond acceptors (Lipinski definition) is 5. The number of nitrogens with one attached hydrogen (secondary N) is 1. The van der Waals surface area contributed by atoms with Gasteiger partial charge in [-0.15, -0.1) is 0 Å². The summed E-state index contributed by atoms with van der Waals surface area (Å²) in [7, 11) is 0. The van der Waals surface area contributed by atoms with E-state index in [1.807, 2.05) is 6.92 Å². The fourth-order valence-electron chi connectivity index (χ4n) is 1.34. The molecule has 0 fully saturated rings. The van der Waals surface area contributed by atoms with Gasteiger partial charge in [-0.25, -0.2) is 10.8 Å². The highest BCUT2D eigenvalue weighted by atomic mass is 16.5. The van der Waals surface area contributed by atoms with E-state index in [2.05, 4.69) is 22.3 Å². The molecule has 1 rings (SSSR count). The summed E-state index contributed by atoms with van der Waals surface area (Å²) in [6.45, 7) is 4.80. The third-order valence-corrected chi connectivity index (χ3v) is 2.29. The Morgan fingerprint density at radius 3 is 2.88 bits per heavy atom. The Hall–Kier alpha value is -1.36. The highest BCUT2D eigenvalue weighted by Gasteiger charge is 2.03. The fourth-order valence-corrected chi connectivity index (χ4v) is 1.34. The third-order valence-electron chi connectivity index (χ3n) is 2.29. The minimum absolute atomic E-state index is 0.383. The van der Waals surface area contributed by atoms with Crippen molar-refractivity contribution in [2.45, 2.75) is 39.5 Å². The Morgan fingerprint density at radius 1 is 1.38 bits per heavy atom. The Morgan fingerprint density at radius 2 is 2.19 bits per heavy atom. The number of rotatable bonds is 7. The van der Waals surface area contributed by atoms with E-state index in [0.29, 0.717) is 18.4 Å². The summed E-state index contributed by atoms with van der Waals surface area (Å²) in [5.74, 6) is 6.23. The van der Waals surface area contributed by atoms with Crippen molar-refractivity contribution in [1.29, 1.82) is 0 Å². The normalized spacial score (nSPS) is 10.2. The summed E-state index contributed by atoms with van der Waals surface area (Å²) in [5.41, 5.74) is 3.33. The Kier molecular flexibility index (Phi) is 5.56. The molecule has 0 bridgehead atoms. The average Bonchev–Trinajstić information content (AvgIpc) is 2.31. The molecule has 0 aliphatic heterocycles. The van der Waals surface area contributed by atoms with Crippen LogP contribution in [-0.2, 0) is 0 Å². The number of anilines is 1. The third kappa shape index (κ3) is 4.02. The van der Waals surface area contributed by atoms with Gasteiger partial charge in [-0.2, -0.15) is 4.98 Å². The first kappa shape index (κ1) is 12.7. The second-order valence-electron chi connectivity index (χ2n) is 3.74. The van der Waals surface area contributed by atoms with E-state index in [0.717, 1.165) is 12.0 Å². The molecule has 0 amide bonds. The second-order valence-corrected chi connectivity index (χ2v) is 3.74. The molecule has 0 saturated carbocycles. The second kappa shape index (κ2) is 7.00. The number of aryl methyl sites for hydroxylation is 1. The molecule has 0 unspecified atom stereocenters. The number of nitrogens with two attached hydrogens (primary N) is 1. The molecule has 3 N–H and O–H groups in total. The van der Waals surface area contributed by atoms with Gasteiger partial charge in [0.15, 0.2) is 0 Å². The van der Waals surface area contributed by atoms with Crippen molar-refractivity contribution in [3.8, 4) is 5.88 Å². The summed E-state index contributed by atoms with van der Waals surface area (Å²) in [4.78, 5) is 8.13. The number of ether oxygens (including phenoxy) is 1. The number of nitrogen functional groups attached to an aromatic ring is 1. The van der Waals surface area contributed by atoms with Crippen molar-refractivity contribution in [2.24, 2.45) is 5.84 Å². The molecule has 0 saturated heterocycles. The standard InChI is InChI=1S/C11H20N4O/c1-3-4-5-6-7-16-10-9(2)8-13-11(14-10)15-12/h8H,3-7,12H2,1-2H3,(H,13,14,15). The van der Waals surface area contributed by atoms with Gasteiger partial charge in [0, 0.05) is 11.8 Å². The van der Waals surface area contributed by atoms with Gasteiger partial charge in [-0.05, 0) is 13.3 Å². The first-order valence-corrected chi connectivity index (χ1v) is 5.71. The van der Waals surface area contributed by atoms with E-state index in [4.69, 9.17) is 10.6 Å². The molecule has 90 valence electrons. The van der Waals surface area contributed by atoms with Crippen LogP contribution in [0.15, 0.2) is 6.20 Å². The maximum Gasteiger partial charge on any atom is 0.240 e. The molecule has 0 radical (unpaired) electrons. The maximum absolute atomic E-state index is 5.58. The summed E-state index contributed by atoms with van der Waals surface area (Å²) >= 11 is 0. The van der Waals surface area contributed by atoms with Crippen LogP contribution < -0.4 is 16.0 Å². The van der Waals surface area contributed by atoms with Crippen LogP contribution in [-0.4, -0.2) is 16.6 Å². The molecule has 5 nitrogen and oxygen atoms in total. The summed E-state index contributed by atoms with van der Waals surface area (Å²) in [6.07, 6.45) is 6.43. The van der Waals surface area contributed by atoms with Gasteiger partial charge in [0.1, 0.15) is 0 Å². The smallest absolute Gasteiger partial charge is 0.240 e. The van der Waals surface area contributed by atoms with Crippen LogP contribution >= 0.6 is 0 Å². The van der Waals surface area contributed by atoms with Gasteiger partial charge in [-0.1, -0.05) is 26.2 Å². The largest absolute Gasteiger partial charge is 0.477 e. The van der Waals surface area contributed by atoms with E-state index in [-0.39, 0.29) is 0 Å². The van der Waals surface area contributed by atoms with Gasteiger partial charge in [-0.3, -0.25) is 5.43 Å². The van der Waals surface area contributed by atoms with Crippen molar-refractivity contribution in [3.63, 3.8) is 0 Å². The Bertz CT molecular complexity index is 317. The van der Waals surface area contributed by atoms with E-state index in [1.54, 1.807) is 6.20 Å². The van der Waals surface area contributed by atoms with E-state index >= 15 is 0 Å². The number of hydrazine groups is 1. The zero-order valence-electron chi connectivity index (χ0n) is 9.99. The monoisotopic (exact) mass is 224 g/mol. The molecular weight excluding hydrogens is 204 g/mol. The average molecular weight is 224 g/mol. The fraction of sp³-hybridized carbons (Fsp3) is 0.636. The number of nitrogens with zero attached hydrogens (tertiary/aromatic N) is 2. The lowest BCUT2D eigenvalue weighted by atomic mass is 10.2. The van der Waals surface area contributed by atoms with Crippen LogP contribution in [0.2, 0.25) is 0 Å². The van der Waals surface area contributed by atoms with E-state index in [1.165, 1.54) is 19.3 Å². The van der Waals surface area contributed by atoms with Crippen molar-refractivity contribution in [1.82, 2.24) is 9.97 Å². The first-order valence-electron chi connectivity index (χ1n) is 5.71. The van der Waals surface area contributed by atoms with Crippen molar-refractivity contribution in [2.75, 3.05) is 12.0 Å². The lowest BCUT2D eigenvalue weighted by Crippen LogP contribution is -2.11. The molecule has 0 spiro atoms. The van der Waals surface area contributed by atoms with Crippen LogP contribution in [0.5, 0.6) is 5.88 Å². The number of aromatic nitrogens is 2. The highest BCUT2D eigenvalue weighted by molar-refractivity contribution is 5.31. The van der Waals surface area contributed by atoms with Gasteiger partial charge < -0.3 is 4.74 Å². The molecule has 0 aromatic carbocycles. The number of unbranched alkanes of at least 4 members (excludes halogenated alkanes) is 3. The molecule has 0 aliphatic rings. The maximum atomic E-state index is 5.58. The van der Waals surface area contributed by atoms with Crippen molar-refractivity contribution >= 4 is 5.95 Å². The lowest BCUT2D eigenvalue weighted by molar-refractivity contribution is 0.291. The van der Waals surface area contributed by atoms with Crippen LogP contribution in [0.25, 0.3) is 0 Å². The summed E-state index contributed by atoms with van der Waals surface area (Å²) < 4.78 is 5.58. The van der Waals surface area contributed by atoms with Crippen LogP contribution in [0.1, 0.15) is 38.2 Å². The predicted molar refractivity (Wildman–Crippen MR) is 64.2 cm³/mol. The molecule has 5 heteroatoms. The van der Waals surface area contributed by atoms with Crippen molar-refractivity contribution in [3.05, 3.63) is 11.8 Å². The Labute approximate surface area is 96.4 Å². The van der Waals surface area contributed by atoms with Crippen molar-refractivity contribution < 1.29 is 4.74 Å². The topological polar surface area (TPSA) is 73.1 Å². The minimum Gasteiger partial charge on any atom is -0.477 e. The molecule has 0 aliphatic carbocycles. The Balaban J connectivity index is 2.40. The minimum atomic E-state index is 0.383. The van der Waals surface area contributed by atoms with Gasteiger partial charge >= 0.3 is 0 Å². The molecule has 1 aromatic rings. The van der Waals surface area contributed by atoms with E-state index < -0.39 is 0 Å². The SMILES string of the molecule is CCCCCCOc1nc(NN)ncc1C. The van der Waals surface area contributed by atoms with Gasteiger partial charge in [0.05, 0.1) is 6.61 Å². The predicted octanol–water partition coefficient (Wildman–Crippen LogP) is 2.03. The van der Waals surface area contributed by atoms with E-state index in [9.17, 15) is 0 Å². The zero-order valence-corrected chi connectivity index (χ0v) is 9.99. The molecule has 1 aromatic heterocycles. The molecule has 16 heavy (non-hydrogen) atoms. The quantitative estimate of drug-likeness (QED) is 0.421. The van der Waals surface area contributed by atoms with Crippen LogP contribution in [0, 0.1) is 6.92 Å². The van der Waals surface area contributed by atoms with Gasteiger partial charge in [0.2, 0.25) is 11.8 Å². The van der Waals surface area contributed by atoms with Crippen LogP contribution in [0.4, 0.5) is 5.95 Å². The molecule has 0 atom stereocenters. The molecule has 1 heterocycles. The lowest BCUT2D eigenvalue weighted by Gasteiger charge is -2.08.